The van der Waals surface area contributed by atoms with Crippen molar-refractivity contribution in [1.29, 1.82) is 0 Å². The fourth-order valence-corrected chi connectivity index (χ4v) is 2.33. The molecule has 0 radical (unpaired) electrons. The Morgan fingerprint density at radius 1 is 1.33 bits per heavy atom. The summed E-state index contributed by atoms with van der Waals surface area (Å²) in [6, 6.07) is 5.21. The molecule has 3 nitrogen and oxygen atoms in total. The van der Waals surface area contributed by atoms with Gasteiger partial charge < -0.3 is 4.18 Å². The van der Waals surface area contributed by atoms with Crippen LogP contribution in [-0.2, 0) is 11.4 Å². The van der Waals surface area contributed by atoms with Crippen LogP contribution in [-0.4, -0.2) is 8.76 Å². The highest BCUT2D eigenvalue weighted by molar-refractivity contribution is 9.11. The highest BCUT2D eigenvalue weighted by Gasteiger charge is 2.07. The van der Waals surface area contributed by atoms with Crippen LogP contribution in [0.1, 0.15) is 0 Å². The quantitative estimate of drug-likeness (QED) is 0.854. The van der Waals surface area contributed by atoms with Crippen LogP contribution in [0.25, 0.3) is 0 Å². The van der Waals surface area contributed by atoms with Crippen LogP contribution < -0.4 is 4.18 Å². The molecule has 0 fully saturated rings. The average Bonchev–Trinajstić information content (AvgIpc) is 1.97. The first-order valence-corrected chi connectivity index (χ1v) is 5.46. The summed E-state index contributed by atoms with van der Waals surface area (Å²) < 4.78 is 24.6. The standard InChI is InChI=1S/C6H4Br2O3S/c7-4-2-1-3-5(8)6(4)11-12(9)10/h1-3H,(H,9,10). The van der Waals surface area contributed by atoms with Crippen molar-refractivity contribution < 1.29 is 12.9 Å². The Labute approximate surface area is 88.9 Å². The number of para-hydroxylation sites is 1. The van der Waals surface area contributed by atoms with Gasteiger partial charge in [-0.3, -0.25) is 4.55 Å². The number of rotatable bonds is 2. The third kappa shape index (κ3) is 2.55. The predicted molar refractivity (Wildman–Crippen MR) is 53.2 cm³/mol. The molecule has 0 saturated carbocycles. The summed E-state index contributed by atoms with van der Waals surface area (Å²) in [6.45, 7) is 0. The molecule has 1 rings (SSSR count). The lowest BCUT2D eigenvalue weighted by Gasteiger charge is -2.04. The molecule has 0 spiro atoms. The van der Waals surface area contributed by atoms with E-state index in [1.165, 1.54) is 0 Å². The number of halogens is 2. The Kier molecular flexibility index (Phi) is 3.70. The minimum Gasteiger partial charge on any atom is -0.378 e. The minimum absolute atomic E-state index is 0.318. The Bertz CT molecular complexity index is 295. The maximum absolute atomic E-state index is 10.3. The third-order valence-electron chi connectivity index (χ3n) is 1.07. The van der Waals surface area contributed by atoms with Crippen LogP contribution in [0.2, 0.25) is 0 Å². The second-order valence-corrected chi connectivity index (χ2v) is 4.16. The lowest BCUT2D eigenvalue weighted by atomic mass is 10.3. The van der Waals surface area contributed by atoms with Crippen LogP contribution in [0.4, 0.5) is 0 Å². The highest BCUT2D eigenvalue weighted by atomic mass is 79.9. The lowest BCUT2D eigenvalue weighted by Crippen LogP contribution is -1.98. The van der Waals surface area contributed by atoms with Crippen LogP contribution in [0.5, 0.6) is 5.75 Å². The Hall–Kier alpha value is 0.0900. The van der Waals surface area contributed by atoms with Crippen molar-refractivity contribution in [3.8, 4) is 5.75 Å². The van der Waals surface area contributed by atoms with E-state index in [0.29, 0.717) is 14.7 Å². The Balaban J connectivity index is 3.04. The van der Waals surface area contributed by atoms with Gasteiger partial charge in [0, 0.05) is 0 Å². The van der Waals surface area contributed by atoms with Crippen LogP contribution in [0.15, 0.2) is 27.1 Å². The van der Waals surface area contributed by atoms with Crippen molar-refractivity contribution in [3.05, 3.63) is 27.1 Å². The van der Waals surface area contributed by atoms with Crippen molar-refractivity contribution in [1.82, 2.24) is 0 Å². The van der Waals surface area contributed by atoms with Gasteiger partial charge in [-0.25, -0.2) is 0 Å². The molecule has 0 bridgehead atoms. The van der Waals surface area contributed by atoms with Crippen molar-refractivity contribution in [2.45, 2.75) is 0 Å². The predicted octanol–water partition coefficient (Wildman–Crippen LogP) is 2.73. The van der Waals surface area contributed by atoms with E-state index >= 15 is 0 Å². The molecule has 1 atom stereocenters. The summed E-state index contributed by atoms with van der Waals surface area (Å²) in [5.41, 5.74) is 0. The van der Waals surface area contributed by atoms with E-state index in [1.54, 1.807) is 18.2 Å². The van der Waals surface area contributed by atoms with E-state index in [-0.39, 0.29) is 0 Å². The summed E-state index contributed by atoms with van der Waals surface area (Å²) >= 11 is 4.05. The van der Waals surface area contributed by atoms with Gasteiger partial charge in [0.15, 0.2) is 5.75 Å². The molecule has 12 heavy (non-hydrogen) atoms. The zero-order chi connectivity index (χ0) is 9.14. The van der Waals surface area contributed by atoms with Gasteiger partial charge in [0.1, 0.15) is 0 Å². The fraction of sp³-hybridized carbons (Fsp3) is 0. The van der Waals surface area contributed by atoms with Crippen LogP contribution in [0.3, 0.4) is 0 Å². The first-order valence-electron chi connectivity index (χ1n) is 2.84. The molecule has 0 amide bonds. The summed E-state index contributed by atoms with van der Waals surface area (Å²) in [6.07, 6.45) is 0. The molecule has 0 aliphatic rings. The van der Waals surface area contributed by atoms with Gasteiger partial charge in [-0.1, -0.05) is 6.07 Å². The molecule has 0 aliphatic carbocycles. The van der Waals surface area contributed by atoms with Crippen LogP contribution in [0, 0.1) is 0 Å². The van der Waals surface area contributed by atoms with E-state index in [4.69, 9.17) is 4.55 Å². The molecular formula is C6H4Br2O3S. The van der Waals surface area contributed by atoms with Crippen molar-refractivity contribution in [2.75, 3.05) is 0 Å². The smallest absolute Gasteiger partial charge is 0.357 e. The summed E-state index contributed by atoms with van der Waals surface area (Å²) in [5, 5.41) is 0. The molecule has 1 unspecified atom stereocenters. The lowest BCUT2D eigenvalue weighted by molar-refractivity contribution is 0.455. The topological polar surface area (TPSA) is 46.5 Å². The SMILES string of the molecule is O=S(O)Oc1c(Br)cccc1Br. The zero-order valence-corrected chi connectivity index (χ0v) is 9.65. The van der Waals surface area contributed by atoms with Gasteiger partial charge in [-0.2, -0.15) is 4.21 Å². The first-order chi connectivity index (χ1) is 5.61. The van der Waals surface area contributed by atoms with Gasteiger partial charge in [0.25, 0.3) is 0 Å². The maximum Gasteiger partial charge on any atom is 0.357 e. The first kappa shape index (κ1) is 10.2. The fourth-order valence-electron chi connectivity index (χ4n) is 0.633. The normalized spacial score (nSPS) is 12.6. The number of hydrogen-bond donors (Lipinski definition) is 1. The molecule has 1 aromatic carbocycles. The van der Waals surface area contributed by atoms with Crippen molar-refractivity contribution in [2.24, 2.45) is 0 Å². The molecule has 66 valence electrons. The van der Waals surface area contributed by atoms with Gasteiger partial charge in [-0.15, -0.1) is 0 Å². The van der Waals surface area contributed by atoms with E-state index in [0.717, 1.165) is 0 Å². The third-order valence-corrected chi connectivity index (χ3v) is 2.63. The summed E-state index contributed by atoms with van der Waals surface area (Å²) in [4.78, 5) is 0. The van der Waals surface area contributed by atoms with E-state index in [1.807, 2.05) is 0 Å². The maximum atomic E-state index is 10.3. The highest BCUT2D eigenvalue weighted by Crippen LogP contribution is 2.33. The summed E-state index contributed by atoms with van der Waals surface area (Å²) in [5.74, 6) is 0.318. The molecular weight excluding hydrogens is 312 g/mol. The zero-order valence-electron chi connectivity index (χ0n) is 5.66. The van der Waals surface area contributed by atoms with Gasteiger partial charge in [0.2, 0.25) is 0 Å². The summed E-state index contributed by atoms with van der Waals surface area (Å²) in [7, 11) is 0. The van der Waals surface area contributed by atoms with Gasteiger partial charge >= 0.3 is 11.4 Å². The molecule has 0 aromatic heterocycles. The van der Waals surface area contributed by atoms with Crippen molar-refractivity contribution in [3.63, 3.8) is 0 Å². The molecule has 0 aliphatic heterocycles. The molecule has 6 heteroatoms. The Morgan fingerprint density at radius 3 is 2.25 bits per heavy atom. The van der Waals surface area contributed by atoms with Gasteiger partial charge in [-0.05, 0) is 44.0 Å². The number of benzene rings is 1. The molecule has 0 saturated heterocycles. The van der Waals surface area contributed by atoms with E-state index in [9.17, 15) is 4.21 Å². The minimum atomic E-state index is -2.30. The van der Waals surface area contributed by atoms with Crippen molar-refractivity contribution >= 4 is 43.2 Å². The van der Waals surface area contributed by atoms with E-state index in [2.05, 4.69) is 36.0 Å². The second kappa shape index (κ2) is 4.36. The van der Waals surface area contributed by atoms with Gasteiger partial charge in [0.05, 0.1) is 8.95 Å². The largest absolute Gasteiger partial charge is 0.378 e. The Morgan fingerprint density at radius 2 is 1.83 bits per heavy atom. The molecule has 1 N–H and O–H groups in total. The average molecular weight is 316 g/mol. The second-order valence-electron chi connectivity index (χ2n) is 1.85. The molecule has 0 heterocycles. The van der Waals surface area contributed by atoms with Crippen LogP contribution >= 0.6 is 31.9 Å². The van der Waals surface area contributed by atoms with E-state index < -0.39 is 11.4 Å². The monoisotopic (exact) mass is 314 g/mol. The number of hydrogen-bond acceptors (Lipinski definition) is 2. The molecule has 1 aromatic rings.